The van der Waals surface area contributed by atoms with Crippen LogP contribution in [0.2, 0.25) is 0 Å². The highest BCUT2D eigenvalue weighted by atomic mass is 35.5. The van der Waals surface area contributed by atoms with Crippen molar-refractivity contribution in [3.8, 4) is 34.5 Å². The first-order chi connectivity index (χ1) is 49.8. The lowest BCUT2D eigenvalue weighted by Gasteiger charge is -2.60. The monoisotopic (exact) mass is 1550 g/mol. The molecule has 6 fully saturated rings. The summed E-state index contributed by atoms with van der Waals surface area (Å²) >= 11 is 9.53. The molecule has 0 radical (unpaired) electrons. The number of hydrogen-bond acceptors (Lipinski definition) is 18. The smallest absolute Gasteiger partial charge is 0.407 e. The SMILES string of the molecule is CC(C)(C)OC(=O)NCCC(=O)O.C[C@@H]1[C@H](N)C[C@H]2C(C)(C)CCC[C@]2(C)[C@H]1C(=O)c1cc(O)cc(O)c1.C[C@@H]1[C@H](NC(=O)CCN)C[C@H]2C(C)(C)CCC[C@]2(C)[C@H]1C(=O)c1cc(O)cc(O)c1.C[C@@H]1[C@H](NC(=O)CCNC(=O)OC(C)(C)C)C[C@H]2C(C)(C)CCC[C@]2(C)[C@H]1C(=O)c1cc(O)cc(O)c1.ClCCl. The van der Waals surface area contributed by atoms with Gasteiger partial charge >= 0.3 is 18.2 Å². The fraction of sp³-hybridized carbons (Fsp3) is 0.687. The molecule has 0 spiro atoms. The zero-order valence-electron chi connectivity index (χ0n) is 67.2. The molecular weight excluding hydrogens is 1420 g/mol. The van der Waals surface area contributed by atoms with Gasteiger partial charge in [-0.3, -0.25) is 28.8 Å². The molecule has 15 atom stereocenters. The number of rotatable bonds is 16. The maximum absolute atomic E-state index is 14.0. The molecular formula is C83H128Cl2N6O17. The summed E-state index contributed by atoms with van der Waals surface area (Å²) in [5.41, 5.74) is 11.5. The molecule has 606 valence electrons. The quantitative estimate of drug-likeness (QED) is 0.0468. The molecule has 25 heteroatoms. The standard InChI is InChI=1S/C29H44N2O6.C24H36N2O4.C21H31NO3.C8H15NO4.CH2Cl2/c1-17-21(31-23(34)9-12-30-26(36)37-27(2,3)4)16-22-28(5,6)10-8-11-29(22,7)24(17)25(35)18-13-19(32)15-20(33)14-18;1-14-18(26-20(29)6-9-25)13-19-23(2,3)7-5-8-24(19,4)21(14)22(30)15-10-16(27)12-17(28)11-15;1-12-16(22)11-17-20(2,3)6-5-7-21(17,4)18(12)19(25)13-8-14(23)10-15(24)9-13;1-8(2,3)13-7(12)9-5-4-6(10)11;2-1-3/h13-15,17,21-22,24,32-33H,8-12,16H2,1-7H3,(H,30,36)(H,31,34);10-12,14,18-19,21,27-28H,5-9,13,25H2,1-4H3,(H,26,29);8-10,12,16-18,23-24H,5-7,11,22H2,1-4H3;4-5H2,1-3H3,(H,9,12)(H,10,11);1H2/t17-,21-,22+,24-,29+;14-,18-,19+,21-,24+;12-,16-,17+,18-,21+;;/m111../s1. The van der Waals surface area contributed by atoms with Crippen LogP contribution < -0.4 is 32.7 Å². The number of carbonyl (C=O) groups excluding carboxylic acids is 7. The summed E-state index contributed by atoms with van der Waals surface area (Å²) in [5, 5.41) is 79.3. The van der Waals surface area contributed by atoms with Gasteiger partial charge in [-0.2, -0.15) is 0 Å². The third-order valence-corrected chi connectivity index (χ3v) is 24.5. The van der Waals surface area contributed by atoms with Crippen molar-refractivity contribution in [3.05, 3.63) is 71.3 Å². The van der Waals surface area contributed by atoms with E-state index in [0.717, 1.165) is 70.6 Å². The van der Waals surface area contributed by atoms with E-state index in [1.807, 2.05) is 13.8 Å². The maximum Gasteiger partial charge on any atom is 0.407 e. The second kappa shape index (κ2) is 37.3. The summed E-state index contributed by atoms with van der Waals surface area (Å²) in [6, 6.07) is 11.9. The van der Waals surface area contributed by atoms with Crippen molar-refractivity contribution in [2.24, 2.45) is 97.2 Å². The molecule has 4 amide bonds. The average molecular weight is 1550 g/mol. The number of benzene rings is 3. The number of Topliss-reactive ketones (excluding diaryl/α,β-unsaturated/α-hetero) is 3. The number of carboxylic acids is 1. The number of halogens is 2. The van der Waals surface area contributed by atoms with Crippen LogP contribution in [-0.2, 0) is 23.9 Å². The highest BCUT2D eigenvalue weighted by molar-refractivity contribution is 6.40. The Balaban J connectivity index is 0.000000267. The first-order valence-corrected chi connectivity index (χ1v) is 39.4. The van der Waals surface area contributed by atoms with Crippen molar-refractivity contribution >= 4 is 70.5 Å². The first kappa shape index (κ1) is 91.5. The number of alkyl halides is 2. The van der Waals surface area contributed by atoms with Gasteiger partial charge in [0.15, 0.2) is 17.3 Å². The second-order valence-corrected chi connectivity index (χ2v) is 36.9. The summed E-state index contributed by atoms with van der Waals surface area (Å²) in [6.07, 6.45) is 11.1. The number of aliphatic carboxylic acids is 1. The van der Waals surface area contributed by atoms with Crippen molar-refractivity contribution in [1.82, 2.24) is 21.3 Å². The minimum absolute atomic E-state index is 0.000880. The molecule has 108 heavy (non-hydrogen) atoms. The average Bonchev–Trinajstić information content (AvgIpc) is 0.735. The third kappa shape index (κ3) is 23.7. The van der Waals surface area contributed by atoms with E-state index in [9.17, 15) is 69.0 Å². The lowest BCUT2D eigenvalue weighted by molar-refractivity contribution is -0.137. The van der Waals surface area contributed by atoms with Crippen LogP contribution in [0.25, 0.3) is 0 Å². The topological polar surface area (TPSA) is 397 Å². The Morgan fingerprint density at radius 2 is 0.731 bits per heavy atom. The fourth-order valence-electron chi connectivity index (χ4n) is 19.9. The van der Waals surface area contributed by atoms with Gasteiger partial charge in [0.05, 0.1) is 11.8 Å². The number of amides is 4. The lowest BCUT2D eigenvalue weighted by Crippen LogP contribution is -2.60. The molecule has 6 aliphatic carbocycles. The number of carbonyl (C=O) groups is 8. The molecule has 9 rings (SSSR count). The van der Waals surface area contributed by atoms with Gasteiger partial charge in [0, 0.05) is 103 Å². The van der Waals surface area contributed by atoms with Crippen LogP contribution in [0.1, 0.15) is 252 Å². The van der Waals surface area contributed by atoms with Gasteiger partial charge in [-0.15, -0.1) is 23.2 Å². The van der Waals surface area contributed by atoms with Crippen molar-refractivity contribution in [1.29, 1.82) is 0 Å². The Hall–Kier alpha value is -7.08. The Morgan fingerprint density at radius 3 is 1.02 bits per heavy atom. The Morgan fingerprint density at radius 1 is 0.454 bits per heavy atom. The van der Waals surface area contributed by atoms with Crippen LogP contribution in [0, 0.1) is 85.8 Å². The number of hydrogen-bond donors (Lipinski definition) is 13. The third-order valence-electron chi connectivity index (χ3n) is 24.5. The second-order valence-electron chi connectivity index (χ2n) is 36.1. The molecule has 6 saturated carbocycles. The maximum atomic E-state index is 14.0. The van der Waals surface area contributed by atoms with E-state index in [2.05, 4.69) is 90.5 Å². The highest BCUT2D eigenvalue weighted by Crippen LogP contribution is 2.65. The Bertz CT molecular complexity index is 3570. The van der Waals surface area contributed by atoms with Gasteiger partial charge in [-0.05, 0) is 204 Å². The molecule has 0 aromatic heterocycles. The molecule has 0 aliphatic heterocycles. The molecule has 3 aromatic carbocycles. The number of ketones is 3. The van der Waals surface area contributed by atoms with E-state index in [0.29, 0.717) is 23.6 Å². The molecule has 3 aromatic rings. The number of nitrogens with two attached hydrogens (primary N) is 2. The molecule has 15 N–H and O–H groups in total. The normalized spacial score (nSPS) is 29.2. The number of ether oxygens (including phenoxy) is 2. The van der Waals surface area contributed by atoms with Gasteiger partial charge in [-0.1, -0.05) is 102 Å². The minimum atomic E-state index is -0.948. The number of carboxylic acid groups (broad SMARTS) is 1. The molecule has 23 nitrogen and oxygen atoms in total. The molecule has 0 heterocycles. The van der Waals surface area contributed by atoms with E-state index in [4.69, 9.17) is 49.2 Å². The van der Waals surface area contributed by atoms with Crippen LogP contribution in [0.15, 0.2) is 54.6 Å². The molecule has 0 saturated heterocycles. The predicted molar refractivity (Wildman–Crippen MR) is 419 cm³/mol. The summed E-state index contributed by atoms with van der Waals surface area (Å²) in [6.45, 7) is 37.5. The van der Waals surface area contributed by atoms with Crippen molar-refractivity contribution < 1.29 is 83.6 Å². The lowest BCUT2D eigenvalue weighted by atomic mass is 9.45. The van der Waals surface area contributed by atoms with Crippen molar-refractivity contribution in [2.75, 3.05) is 25.0 Å². The Labute approximate surface area is 650 Å². The number of phenolic OH excluding ortho intramolecular Hbond substituents is 6. The van der Waals surface area contributed by atoms with Gasteiger partial charge in [0.2, 0.25) is 11.8 Å². The largest absolute Gasteiger partial charge is 0.508 e. The number of nitrogens with one attached hydrogen (secondary N) is 4. The number of phenols is 6. The minimum Gasteiger partial charge on any atom is -0.508 e. The fourth-order valence-corrected chi connectivity index (χ4v) is 19.9. The zero-order valence-corrected chi connectivity index (χ0v) is 68.7. The number of alkyl carbamates (subject to hydrolysis) is 2. The van der Waals surface area contributed by atoms with E-state index in [1.165, 1.54) is 61.0 Å². The van der Waals surface area contributed by atoms with Crippen LogP contribution in [0.5, 0.6) is 34.5 Å². The van der Waals surface area contributed by atoms with Crippen molar-refractivity contribution in [3.63, 3.8) is 0 Å². The summed E-state index contributed by atoms with van der Waals surface area (Å²) < 4.78 is 10.1. The van der Waals surface area contributed by atoms with Crippen LogP contribution in [0.3, 0.4) is 0 Å². The van der Waals surface area contributed by atoms with E-state index >= 15 is 0 Å². The van der Waals surface area contributed by atoms with E-state index < -0.39 is 35.3 Å². The van der Waals surface area contributed by atoms with Crippen LogP contribution in [0.4, 0.5) is 9.59 Å². The summed E-state index contributed by atoms with van der Waals surface area (Å²) in [7, 11) is 0. The van der Waals surface area contributed by atoms with Crippen LogP contribution in [-0.4, -0.2) is 137 Å². The molecule has 0 bridgehead atoms. The predicted octanol–water partition coefficient (Wildman–Crippen LogP) is 15.3. The summed E-state index contributed by atoms with van der Waals surface area (Å²) in [5.74, 6) is -2.29. The van der Waals surface area contributed by atoms with Gasteiger partial charge in [0.25, 0.3) is 0 Å². The van der Waals surface area contributed by atoms with Gasteiger partial charge in [0.1, 0.15) is 45.7 Å². The zero-order chi connectivity index (χ0) is 81.8. The van der Waals surface area contributed by atoms with Gasteiger partial charge < -0.3 is 78.0 Å². The van der Waals surface area contributed by atoms with Crippen LogP contribution >= 0.6 is 23.2 Å². The number of aromatic hydroxyl groups is 6. The molecule has 6 aliphatic rings. The Kier molecular flexibility index (Phi) is 31.6. The van der Waals surface area contributed by atoms with Crippen molar-refractivity contribution in [2.45, 2.75) is 250 Å². The van der Waals surface area contributed by atoms with E-state index in [1.54, 1.807) is 41.5 Å². The van der Waals surface area contributed by atoms with E-state index in [-0.39, 0.29) is 199 Å². The molecule has 0 unspecified atom stereocenters. The first-order valence-electron chi connectivity index (χ1n) is 38.3. The highest BCUT2D eigenvalue weighted by Gasteiger charge is 2.62. The van der Waals surface area contributed by atoms with Gasteiger partial charge in [-0.25, -0.2) is 9.59 Å². The number of fused-ring (bicyclic) bond motifs is 3. The summed E-state index contributed by atoms with van der Waals surface area (Å²) in [4.78, 5) is 99.4.